The maximum atomic E-state index is 10.7. The van der Waals surface area contributed by atoms with E-state index >= 15 is 0 Å². The van der Waals surface area contributed by atoms with Crippen molar-refractivity contribution in [3.05, 3.63) is 11.8 Å². The average Bonchev–Trinajstić information content (AvgIpc) is 2.51. The van der Waals surface area contributed by atoms with Gasteiger partial charge in [-0.3, -0.25) is 4.79 Å². The molecule has 0 saturated heterocycles. The van der Waals surface area contributed by atoms with E-state index in [4.69, 9.17) is 9.47 Å². The molecule has 164 valence electrons. The molecule has 0 amide bonds. The van der Waals surface area contributed by atoms with Crippen molar-refractivity contribution in [2.75, 3.05) is 40.6 Å². The first-order chi connectivity index (χ1) is 13.0. The monoisotopic (exact) mass is 422 g/mol. The zero-order chi connectivity index (χ0) is 21.6. The summed E-state index contributed by atoms with van der Waals surface area (Å²) in [5.74, 6) is -0.976. The van der Waals surface area contributed by atoms with Crippen molar-refractivity contribution in [3.8, 4) is 0 Å². The van der Waals surface area contributed by atoms with Crippen molar-refractivity contribution >= 4 is 22.2 Å². The molecule has 1 rings (SSSR count). The Hall–Kier alpha value is -1.65. The fraction of sp³-hybridized carbons (Fsp3) is 0.778. The molecule has 0 atom stereocenters. The summed E-state index contributed by atoms with van der Waals surface area (Å²) in [5.41, 5.74) is 0. The summed E-state index contributed by atoms with van der Waals surface area (Å²) in [4.78, 5) is 10.7. The Morgan fingerprint density at radius 3 is 2.39 bits per heavy atom. The highest BCUT2D eigenvalue weighted by molar-refractivity contribution is 7.85. The van der Waals surface area contributed by atoms with Gasteiger partial charge in [-0.05, 0) is 19.4 Å². The smallest absolute Gasteiger partial charge is 0.427 e. The van der Waals surface area contributed by atoms with E-state index in [0.29, 0.717) is 13.3 Å². The maximum absolute atomic E-state index is 10.7. The fourth-order valence-electron chi connectivity index (χ4n) is 2.14. The first-order valence-corrected chi connectivity index (χ1v) is 10.8. The quantitative estimate of drug-likeness (QED) is 0.214. The van der Waals surface area contributed by atoms with Crippen LogP contribution in [0.15, 0.2) is 16.2 Å². The highest BCUT2D eigenvalue weighted by atomic mass is 32.2. The van der Waals surface area contributed by atoms with Gasteiger partial charge < -0.3 is 23.2 Å². The van der Waals surface area contributed by atoms with Crippen LogP contribution in [0.4, 0.5) is 0 Å². The lowest BCUT2D eigenvalue weighted by atomic mass is 10.2. The molecular formula is C18H34N2O7S. The van der Waals surface area contributed by atoms with Gasteiger partial charge in [0, 0.05) is 12.8 Å². The van der Waals surface area contributed by atoms with Gasteiger partial charge in [0.1, 0.15) is 18.9 Å². The molecule has 28 heavy (non-hydrogen) atoms. The number of quaternary nitrogens is 1. The molecule has 0 radical (unpaired) electrons. The summed E-state index contributed by atoms with van der Waals surface area (Å²) in [7, 11) is 0.194. The molecule has 0 aromatic heterocycles. The predicted molar refractivity (Wildman–Crippen MR) is 104 cm³/mol. The van der Waals surface area contributed by atoms with Gasteiger partial charge in [-0.1, -0.05) is 32.6 Å². The van der Waals surface area contributed by atoms with Gasteiger partial charge in [0.15, 0.2) is 6.73 Å². The molecule has 0 saturated carbocycles. The highest BCUT2D eigenvalue weighted by Gasteiger charge is 2.15. The van der Waals surface area contributed by atoms with Crippen molar-refractivity contribution in [1.82, 2.24) is 0 Å². The van der Waals surface area contributed by atoms with Crippen molar-refractivity contribution < 1.29 is 36.5 Å². The number of ether oxygens (including phenoxy) is 2. The zero-order valence-corrected chi connectivity index (χ0v) is 18.4. The van der Waals surface area contributed by atoms with Gasteiger partial charge in [0.2, 0.25) is 0 Å². The number of likely N-dealkylation sites (N-methyl/N-ethyl adjacent to an activating group) is 1. The van der Waals surface area contributed by atoms with Gasteiger partial charge in [-0.15, -0.1) is 4.40 Å². The summed E-state index contributed by atoms with van der Waals surface area (Å²) < 4.78 is 39.1. The van der Waals surface area contributed by atoms with E-state index in [1.165, 1.54) is 39.5 Å². The number of hydrogen-bond donors (Lipinski definition) is 0. The van der Waals surface area contributed by atoms with E-state index in [9.17, 15) is 18.3 Å². The van der Waals surface area contributed by atoms with Crippen LogP contribution in [0.25, 0.3) is 0 Å². The number of unbranched alkanes of at least 4 members (excludes halogenated alkanes) is 4. The fourth-order valence-corrected chi connectivity index (χ4v) is 2.83. The third kappa shape index (κ3) is 15.4. The minimum absolute atomic E-state index is 0.0417. The second-order valence-electron chi connectivity index (χ2n) is 7.15. The van der Waals surface area contributed by atoms with Crippen LogP contribution in [0.1, 0.15) is 52.9 Å². The molecule has 0 spiro atoms. The van der Waals surface area contributed by atoms with Crippen molar-refractivity contribution in [2.24, 2.45) is 4.40 Å². The van der Waals surface area contributed by atoms with Crippen LogP contribution < -0.4 is 5.11 Å². The first-order valence-electron chi connectivity index (χ1n) is 9.40. The number of carbonyl (C=O) groups excluding carboxylic acids is 1. The lowest BCUT2D eigenvalue weighted by Crippen LogP contribution is -2.44. The number of carbonyl (C=O) groups is 1. The third-order valence-corrected chi connectivity index (χ3v) is 4.48. The number of hydrogen-bond acceptors (Lipinski definition) is 7. The molecule has 10 heteroatoms. The van der Waals surface area contributed by atoms with E-state index in [2.05, 4.69) is 29.6 Å². The Morgan fingerprint density at radius 1 is 1.21 bits per heavy atom. The molecule has 0 unspecified atom stereocenters. The van der Waals surface area contributed by atoms with E-state index in [1.807, 2.05) is 0 Å². The van der Waals surface area contributed by atoms with E-state index in [1.54, 1.807) is 0 Å². The van der Waals surface area contributed by atoms with Gasteiger partial charge in [-0.2, -0.15) is 8.42 Å². The van der Waals surface area contributed by atoms with Crippen LogP contribution >= 0.6 is 0 Å². The van der Waals surface area contributed by atoms with E-state index < -0.39 is 16.2 Å². The molecule has 1 aliphatic heterocycles. The summed E-state index contributed by atoms with van der Waals surface area (Å²) in [6.07, 6.45) is 7.31. The summed E-state index contributed by atoms with van der Waals surface area (Å²) in [5, 5.41) is 10.4. The normalized spacial score (nSPS) is 15.5. The van der Waals surface area contributed by atoms with Crippen molar-refractivity contribution in [1.29, 1.82) is 0 Å². The minimum Gasteiger partial charge on any atom is -0.858 e. The molecule has 1 heterocycles. The molecule has 0 aromatic rings. The van der Waals surface area contributed by atoms with Crippen LogP contribution in [-0.2, 0) is 28.8 Å². The SMILES string of the molecule is CC1=CC([O-])=NS(=O)(=O)O1.CCCCCCCOC[N+](C)(C)CCOC(C)=O. The Labute approximate surface area is 168 Å². The summed E-state index contributed by atoms with van der Waals surface area (Å²) >= 11 is 0. The Bertz CT molecular complexity index is 628. The predicted octanol–water partition coefficient (Wildman–Crippen LogP) is 1.49. The lowest BCUT2D eigenvalue weighted by Gasteiger charge is -2.28. The second-order valence-corrected chi connectivity index (χ2v) is 8.35. The Kier molecular flexibility index (Phi) is 12.7. The molecule has 0 bridgehead atoms. The second kappa shape index (κ2) is 13.5. The molecule has 0 aromatic carbocycles. The van der Waals surface area contributed by atoms with Crippen LogP contribution in [0.5, 0.6) is 0 Å². The molecular weight excluding hydrogens is 388 g/mol. The van der Waals surface area contributed by atoms with Crippen molar-refractivity contribution in [2.45, 2.75) is 52.9 Å². The molecule has 9 nitrogen and oxygen atoms in total. The van der Waals surface area contributed by atoms with Crippen LogP contribution in [0, 0.1) is 0 Å². The summed E-state index contributed by atoms with van der Waals surface area (Å²) in [6.45, 7) is 7.78. The molecule has 0 aliphatic carbocycles. The standard InChI is InChI=1S/C14H30NO3.C4H5NO4S/c1-5-6-7-8-9-11-17-13-15(3,4)10-12-18-14(2)16;1-3-2-4(6)5-10(7,8)9-3/h5-13H2,1-4H3;2H,1H3,(H,5,6)/q+1;/p-1. The van der Waals surface area contributed by atoms with E-state index in [-0.39, 0.29) is 11.7 Å². The minimum atomic E-state index is -3.97. The van der Waals surface area contributed by atoms with Gasteiger partial charge in [0.05, 0.1) is 20.7 Å². The van der Waals surface area contributed by atoms with Gasteiger partial charge in [-0.25, -0.2) is 0 Å². The number of allylic oxidation sites excluding steroid dienone is 1. The Morgan fingerprint density at radius 2 is 1.86 bits per heavy atom. The number of nitrogens with zero attached hydrogens (tertiary/aromatic N) is 2. The average molecular weight is 423 g/mol. The van der Waals surface area contributed by atoms with Crippen LogP contribution in [0.3, 0.4) is 0 Å². The lowest BCUT2D eigenvalue weighted by molar-refractivity contribution is -0.909. The number of rotatable bonds is 11. The molecule has 0 fully saturated rings. The number of esters is 1. The van der Waals surface area contributed by atoms with Crippen LogP contribution in [-0.4, -0.2) is 65.4 Å². The van der Waals surface area contributed by atoms with Crippen LogP contribution in [0.2, 0.25) is 0 Å². The molecule has 1 aliphatic rings. The maximum Gasteiger partial charge on any atom is 0.427 e. The Balaban J connectivity index is 0.000000609. The first kappa shape index (κ1) is 26.4. The topological polar surface area (TPSA) is 114 Å². The summed E-state index contributed by atoms with van der Waals surface area (Å²) in [6, 6.07) is 0. The van der Waals surface area contributed by atoms with Crippen molar-refractivity contribution in [3.63, 3.8) is 0 Å². The zero-order valence-electron chi connectivity index (χ0n) is 17.6. The largest absolute Gasteiger partial charge is 0.858 e. The van der Waals surface area contributed by atoms with Gasteiger partial charge in [0.25, 0.3) is 0 Å². The molecule has 0 N–H and O–H groups in total. The van der Waals surface area contributed by atoms with Gasteiger partial charge >= 0.3 is 16.3 Å². The third-order valence-electron chi connectivity index (χ3n) is 3.60. The van der Waals surface area contributed by atoms with E-state index in [0.717, 1.165) is 30.1 Å². The highest BCUT2D eigenvalue weighted by Crippen LogP contribution is 2.09.